The van der Waals surface area contributed by atoms with Gasteiger partial charge in [0.15, 0.2) is 0 Å². The number of pyridine rings is 1. The number of benzene rings is 2. The molecule has 2 aromatic heterocycles. The van der Waals surface area contributed by atoms with Gasteiger partial charge in [0.1, 0.15) is 17.3 Å². The summed E-state index contributed by atoms with van der Waals surface area (Å²) in [7, 11) is 0. The largest absolute Gasteiger partial charge is 0.287 e. The van der Waals surface area contributed by atoms with E-state index in [1.165, 1.54) is 23.5 Å². The summed E-state index contributed by atoms with van der Waals surface area (Å²) in [4.78, 5) is 24.9. The van der Waals surface area contributed by atoms with Crippen LogP contribution < -0.4 is 4.90 Å². The van der Waals surface area contributed by atoms with Gasteiger partial charge in [-0.15, -0.1) is 11.3 Å². The molecule has 0 fully saturated rings. The number of carbonyl (C=O) groups excluding carboxylic acids is 1. The van der Waals surface area contributed by atoms with Crippen molar-refractivity contribution < 1.29 is 9.18 Å². The molecule has 0 bridgehead atoms. The molecule has 4 nitrogen and oxygen atoms in total. The predicted molar refractivity (Wildman–Crippen MR) is 113 cm³/mol. The lowest BCUT2D eigenvalue weighted by molar-refractivity contribution is 0.0980. The van der Waals surface area contributed by atoms with E-state index in [-0.39, 0.29) is 18.3 Å². The first-order valence-electron chi connectivity index (χ1n) is 9.12. The summed E-state index contributed by atoms with van der Waals surface area (Å²) in [5, 5.41) is 0.815. The van der Waals surface area contributed by atoms with Crippen molar-refractivity contribution in [2.24, 2.45) is 0 Å². The van der Waals surface area contributed by atoms with Gasteiger partial charge >= 0.3 is 0 Å². The lowest BCUT2D eigenvalue weighted by Crippen LogP contribution is -2.31. The van der Waals surface area contributed by atoms with E-state index in [1.54, 1.807) is 35.4 Å². The first-order chi connectivity index (χ1) is 14.1. The van der Waals surface area contributed by atoms with Gasteiger partial charge in [-0.2, -0.15) is 0 Å². The van der Waals surface area contributed by atoms with Crippen molar-refractivity contribution in [3.05, 3.63) is 101 Å². The SMILES string of the molecule is Cc1nc(C(=O)N(Cc2ccc(F)cc2)c2ccccn2)c(-c2ccccc2)s1. The standard InChI is InChI=1S/C23H18FN3OS/c1-16-26-21(22(29-16)18-7-3-2-4-8-18)23(28)27(20-9-5-6-14-25-20)15-17-10-12-19(24)13-11-17/h2-14H,15H2,1H3. The Balaban J connectivity index is 1.75. The highest BCUT2D eigenvalue weighted by molar-refractivity contribution is 7.15. The second-order valence-corrected chi connectivity index (χ2v) is 7.69. The van der Waals surface area contributed by atoms with Crippen LogP contribution in [-0.2, 0) is 6.54 Å². The van der Waals surface area contributed by atoms with Crippen molar-refractivity contribution in [1.29, 1.82) is 0 Å². The summed E-state index contributed by atoms with van der Waals surface area (Å²) in [5.41, 5.74) is 2.15. The Labute approximate surface area is 172 Å². The van der Waals surface area contributed by atoms with Gasteiger partial charge in [-0.1, -0.05) is 48.5 Å². The molecule has 4 rings (SSSR count). The topological polar surface area (TPSA) is 46.1 Å². The molecule has 0 N–H and O–H groups in total. The third kappa shape index (κ3) is 4.22. The van der Waals surface area contributed by atoms with E-state index in [4.69, 9.17) is 0 Å². The minimum atomic E-state index is -0.314. The van der Waals surface area contributed by atoms with Gasteiger partial charge in [-0.05, 0) is 42.3 Å². The molecule has 0 radical (unpaired) electrons. The number of hydrogen-bond acceptors (Lipinski definition) is 4. The Kier molecular flexibility index (Phi) is 5.44. The number of rotatable bonds is 5. The maximum atomic E-state index is 13.6. The number of aryl methyl sites for hydroxylation is 1. The third-order valence-electron chi connectivity index (χ3n) is 4.40. The number of anilines is 1. The molecular formula is C23H18FN3OS. The molecule has 4 aromatic rings. The zero-order chi connectivity index (χ0) is 20.2. The van der Waals surface area contributed by atoms with Gasteiger partial charge in [-0.25, -0.2) is 14.4 Å². The molecule has 0 saturated heterocycles. The molecule has 2 heterocycles. The normalized spacial score (nSPS) is 10.7. The van der Waals surface area contributed by atoms with Crippen molar-refractivity contribution >= 4 is 23.1 Å². The first-order valence-corrected chi connectivity index (χ1v) is 9.93. The summed E-state index contributed by atoms with van der Waals surface area (Å²) in [6.07, 6.45) is 1.64. The fraction of sp³-hybridized carbons (Fsp3) is 0.0870. The number of carbonyl (C=O) groups is 1. The summed E-state index contributed by atoms with van der Waals surface area (Å²) in [5.74, 6) is -0.0336. The number of thiazole rings is 1. The molecule has 0 spiro atoms. The molecule has 0 aliphatic rings. The molecule has 0 atom stereocenters. The molecule has 29 heavy (non-hydrogen) atoms. The van der Waals surface area contributed by atoms with E-state index in [0.29, 0.717) is 11.5 Å². The van der Waals surface area contributed by atoms with Crippen LogP contribution in [-0.4, -0.2) is 15.9 Å². The highest BCUT2D eigenvalue weighted by Crippen LogP contribution is 2.32. The highest BCUT2D eigenvalue weighted by atomic mass is 32.1. The van der Waals surface area contributed by atoms with Crippen LogP contribution in [0.15, 0.2) is 79.0 Å². The Morgan fingerprint density at radius 1 is 1.00 bits per heavy atom. The van der Waals surface area contributed by atoms with Crippen molar-refractivity contribution in [2.45, 2.75) is 13.5 Å². The minimum Gasteiger partial charge on any atom is -0.287 e. The lowest BCUT2D eigenvalue weighted by Gasteiger charge is -2.21. The average Bonchev–Trinajstić information content (AvgIpc) is 3.16. The van der Waals surface area contributed by atoms with Gasteiger partial charge in [-0.3, -0.25) is 9.69 Å². The smallest absolute Gasteiger partial charge is 0.279 e. The summed E-state index contributed by atoms with van der Waals surface area (Å²) >= 11 is 1.49. The van der Waals surface area contributed by atoms with Crippen LogP contribution in [0, 0.1) is 12.7 Å². The van der Waals surface area contributed by atoms with Gasteiger partial charge < -0.3 is 0 Å². The van der Waals surface area contributed by atoms with Gasteiger partial charge in [0.25, 0.3) is 5.91 Å². The monoisotopic (exact) mass is 403 g/mol. The van der Waals surface area contributed by atoms with E-state index in [9.17, 15) is 9.18 Å². The molecule has 0 aliphatic carbocycles. The first kappa shape index (κ1) is 19.0. The maximum Gasteiger partial charge on any atom is 0.279 e. The molecule has 0 aliphatic heterocycles. The zero-order valence-corrected chi connectivity index (χ0v) is 16.6. The number of aromatic nitrogens is 2. The molecule has 1 amide bonds. The van der Waals surface area contributed by atoms with Crippen molar-refractivity contribution in [1.82, 2.24) is 9.97 Å². The van der Waals surface area contributed by atoms with E-state index >= 15 is 0 Å². The van der Waals surface area contributed by atoms with Gasteiger partial charge in [0.05, 0.1) is 16.4 Å². The summed E-state index contributed by atoms with van der Waals surface area (Å²) in [6, 6.07) is 21.3. The maximum absolute atomic E-state index is 13.6. The van der Waals surface area contributed by atoms with Crippen LogP contribution in [0.25, 0.3) is 10.4 Å². The Morgan fingerprint density at radius 2 is 1.72 bits per heavy atom. The summed E-state index contributed by atoms with van der Waals surface area (Å²) in [6.45, 7) is 2.15. The van der Waals surface area contributed by atoms with Gasteiger partial charge in [0.2, 0.25) is 0 Å². The van der Waals surface area contributed by atoms with Crippen LogP contribution in [0.2, 0.25) is 0 Å². The van der Waals surface area contributed by atoms with Crippen LogP contribution >= 0.6 is 11.3 Å². The number of amides is 1. The number of nitrogens with zero attached hydrogens (tertiary/aromatic N) is 3. The Bertz CT molecular complexity index is 1110. The van der Waals surface area contributed by atoms with Gasteiger partial charge in [0, 0.05) is 6.20 Å². The van der Waals surface area contributed by atoms with Crippen molar-refractivity contribution in [3.63, 3.8) is 0 Å². The van der Waals surface area contributed by atoms with Crippen molar-refractivity contribution in [2.75, 3.05) is 4.90 Å². The summed E-state index contributed by atoms with van der Waals surface area (Å²) < 4.78 is 13.3. The Morgan fingerprint density at radius 3 is 2.41 bits per heavy atom. The molecule has 0 unspecified atom stereocenters. The second kappa shape index (κ2) is 8.32. The third-order valence-corrected chi connectivity index (χ3v) is 5.42. The molecular weight excluding hydrogens is 385 g/mol. The van der Waals surface area contributed by atoms with Crippen LogP contribution in [0.1, 0.15) is 21.1 Å². The second-order valence-electron chi connectivity index (χ2n) is 6.48. The predicted octanol–water partition coefficient (Wildman–Crippen LogP) is 5.50. The van der Waals surface area contributed by atoms with Crippen molar-refractivity contribution in [3.8, 4) is 10.4 Å². The molecule has 144 valence electrons. The van der Waals surface area contributed by atoms with E-state index < -0.39 is 0 Å². The average molecular weight is 403 g/mol. The minimum absolute atomic E-state index is 0.240. The fourth-order valence-corrected chi connectivity index (χ4v) is 3.94. The number of hydrogen-bond donors (Lipinski definition) is 0. The van der Waals surface area contributed by atoms with E-state index in [2.05, 4.69) is 9.97 Å². The van der Waals surface area contributed by atoms with Crippen LogP contribution in [0.5, 0.6) is 0 Å². The van der Waals surface area contributed by atoms with Crippen LogP contribution in [0.3, 0.4) is 0 Å². The van der Waals surface area contributed by atoms with Crippen LogP contribution in [0.4, 0.5) is 10.2 Å². The van der Waals surface area contributed by atoms with E-state index in [1.807, 2.05) is 43.3 Å². The zero-order valence-electron chi connectivity index (χ0n) is 15.7. The quantitative estimate of drug-likeness (QED) is 0.442. The fourth-order valence-electron chi connectivity index (χ4n) is 3.03. The highest BCUT2D eigenvalue weighted by Gasteiger charge is 2.25. The number of halogens is 1. The molecule has 0 saturated carbocycles. The molecule has 6 heteroatoms. The molecule has 2 aromatic carbocycles. The Hall–Kier alpha value is -3.38. The lowest BCUT2D eigenvalue weighted by atomic mass is 10.1. The van der Waals surface area contributed by atoms with E-state index in [0.717, 1.165) is 21.0 Å².